The largest absolute Gasteiger partial charge is 3.00 e. The van der Waals surface area contributed by atoms with E-state index in [0.29, 0.717) is 0 Å². The van der Waals surface area contributed by atoms with E-state index in [4.69, 9.17) is 0 Å². The molecule has 0 aliphatic heterocycles. The van der Waals surface area contributed by atoms with Crippen molar-refractivity contribution < 1.29 is 267 Å². The Hall–Kier alpha value is -3.83. The predicted octanol–water partition coefficient (Wildman–Crippen LogP) is -38.6. The summed E-state index contributed by atoms with van der Waals surface area (Å²) in [6.45, 7) is -16.3. The fraction of sp³-hybridized carbons (Fsp3) is 0.600. The van der Waals surface area contributed by atoms with Crippen molar-refractivity contribution >= 4 is 270 Å². The molecule has 0 amide bonds. The van der Waals surface area contributed by atoms with Crippen molar-refractivity contribution in [2.45, 2.75) is 0 Å². The van der Waals surface area contributed by atoms with Crippen molar-refractivity contribution in [3.63, 3.8) is 0 Å². The minimum Gasteiger partial charge on any atom is -0.549 e. The molecular weight excluding hydrogens is 1750 g/mol. The summed E-state index contributed by atoms with van der Waals surface area (Å²) in [5.41, 5.74) is 0. The van der Waals surface area contributed by atoms with Crippen molar-refractivity contribution in [2.75, 3.05) is 196 Å². The molecule has 0 rings (SSSR count). The molecule has 0 saturated heterocycles. The molecule has 0 N–H and O–H groups in total. The van der Waals surface area contributed by atoms with Gasteiger partial charge in [-0.2, -0.15) is 0 Å². The van der Waals surface area contributed by atoms with Gasteiger partial charge in [0.2, 0.25) is 0 Å². The molecule has 50 nitrogen and oxygen atoms in total. The molecule has 0 unspecified atom stereocenters. The van der Waals surface area contributed by atoms with Crippen molar-refractivity contribution in [3.8, 4) is 0 Å². The van der Waals surface area contributed by atoms with Gasteiger partial charge in [0, 0.05) is 196 Å². The van der Waals surface area contributed by atoms with E-state index in [1.165, 1.54) is 0 Å². The number of carbonyl (C=O) groups excluding carboxylic acids is 20. The van der Waals surface area contributed by atoms with E-state index >= 15 is 0 Å². The van der Waals surface area contributed by atoms with Crippen LogP contribution in [0.15, 0.2) is 0 Å². The number of hydrogen-bond donors (Lipinski definition) is 0. The maximum atomic E-state index is 10.4. The van der Waals surface area contributed by atoms with Crippen LogP contribution >= 0.6 is 0 Å². The molecule has 0 spiro atoms. The first kappa shape index (κ1) is 133. The van der Waals surface area contributed by atoms with Crippen molar-refractivity contribution in [2.24, 2.45) is 0 Å². The monoisotopic (exact) mass is 1810 g/mol. The van der Waals surface area contributed by atoms with Crippen LogP contribution < -0.4 is 102 Å². The Labute approximate surface area is 773 Å². The number of rotatable bonds is 55. The average molecular weight is 1810 g/mol. The van der Waals surface area contributed by atoms with E-state index in [1.807, 2.05) is 0 Å². The van der Waals surface area contributed by atoms with Crippen LogP contribution in [0.25, 0.3) is 0 Å². The zero-order valence-corrected chi connectivity index (χ0v) is 70.4. The maximum absolute atomic E-state index is 10.4. The second kappa shape index (κ2) is 79.8. The standard InChI is InChI=1S/5C10H16N2O8.4Ca.4Cr/c5*13-7(14)3-11(4-8(15)16)1-2-12(5-9(17)18)6-10(19)20;;;;;;;;/h5*1-6H2,(H,13,14)(H,15,16)(H,17,18)(H,19,20);;;;;;;;/q;;;;;4*+2;4*+3/p-20. The number of carbonyl (C=O) groups is 20. The zero-order chi connectivity index (χ0) is 78.5. The van der Waals surface area contributed by atoms with Crippen LogP contribution in [-0.4, -0.2) is 516 Å². The Kier molecular flexibility index (Phi) is 98.6. The Bertz CT molecular complexity index is 2040. The fourth-order valence-electron chi connectivity index (χ4n) is 7.21. The first-order valence-electron chi connectivity index (χ1n) is 27.2. The van der Waals surface area contributed by atoms with Crippen molar-refractivity contribution in [1.29, 1.82) is 0 Å². The molecule has 0 atom stereocenters. The van der Waals surface area contributed by atoms with E-state index in [9.17, 15) is 198 Å². The molecule has 582 valence electrons. The van der Waals surface area contributed by atoms with Gasteiger partial charge in [-0.1, -0.05) is 0 Å². The van der Waals surface area contributed by atoms with E-state index in [-0.39, 0.29) is 286 Å². The molecule has 4 radical (unpaired) electrons. The number of nitrogens with zero attached hydrogens (tertiary/aromatic N) is 10. The SMILES string of the molecule is O=C([O-])CN(CCN(CC(=O)[O-])CC(=O)[O-])CC(=O)[O-].O=C([O-])CN(CCN(CC(=O)[O-])CC(=O)[O-])CC(=O)[O-].O=C([O-])CN(CCN(CC(=O)[O-])CC(=O)[O-])CC(=O)[O-].O=C([O-])CN(CCN(CC(=O)[O-])CC(=O)[O-])CC(=O)[O-].O=C([O-])CN(CCN(CC(=O)[O-])CC(=O)[O-])CC(=O)[O-].[Ca+2].[Ca+2].[Ca+2].[Ca+2].[Cr+3].[Cr+3].[Cr+3].[Cr+3]. The summed E-state index contributed by atoms with van der Waals surface area (Å²) in [5, 5.41) is 208. The molecule has 0 aliphatic carbocycles. The third-order valence-electron chi connectivity index (χ3n) is 10.7. The van der Waals surface area contributed by atoms with Gasteiger partial charge in [-0.05, 0) is 0 Å². The van der Waals surface area contributed by atoms with Gasteiger partial charge >= 0.3 is 220 Å². The normalized spacial score (nSPS) is 9.91. The average Bonchev–Trinajstić information content (AvgIpc) is 0.964. The van der Waals surface area contributed by atoms with Crippen LogP contribution in [0.4, 0.5) is 0 Å². The molecule has 58 heteroatoms. The summed E-state index contributed by atoms with van der Waals surface area (Å²) in [7, 11) is 0. The summed E-state index contributed by atoms with van der Waals surface area (Å²) in [6.07, 6.45) is 0. The van der Waals surface area contributed by atoms with Crippen molar-refractivity contribution in [1.82, 2.24) is 49.0 Å². The summed E-state index contributed by atoms with van der Waals surface area (Å²) in [4.78, 5) is 217. The van der Waals surface area contributed by atoms with Gasteiger partial charge in [0.25, 0.3) is 0 Å². The number of hydrogen-bond acceptors (Lipinski definition) is 50. The Morgan fingerprint density at radius 3 is 0.185 bits per heavy atom. The Morgan fingerprint density at radius 2 is 0.157 bits per heavy atom. The van der Waals surface area contributed by atoms with Crippen LogP contribution in [0.3, 0.4) is 0 Å². The van der Waals surface area contributed by atoms with E-state index < -0.39 is 250 Å². The summed E-state index contributed by atoms with van der Waals surface area (Å²) < 4.78 is 0. The van der Waals surface area contributed by atoms with Gasteiger partial charge < -0.3 is 198 Å². The van der Waals surface area contributed by atoms with E-state index in [0.717, 1.165) is 49.0 Å². The van der Waals surface area contributed by atoms with Gasteiger partial charge in [0.05, 0.1) is 119 Å². The summed E-state index contributed by atoms with van der Waals surface area (Å²) in [5.74, 6) is -30.6. The molecule has 0 saturated carbocycles. The van der Waals surface area contributed by atoms with Gasteiger partial charge in [-0.3, -0.25) is 49.0 Å². The smallest absolute Gasteiger partial charge is 0.549 e. The van der Waals surface area contributed by atoms with Crippen LogP contribution in [0, 0.1) is 0 Å². The van der Waals surface area contributed by atoms with Crippen LogP contribution in [0.2, 0.25) is 0 Å². The predicted molar refractivity (Wildman–Crippen MR) is 288 cm³/mol. The minimum absolute atomic E-state index is 0. The molecule has 0 bridgehead atoms. The second-order valence-electron chi connectivity index (χ2n) is 19.5. The quantitative estimate of drug-likeness (QED) is 0.0510. The zero-order valence-electron chi connectivity index (χ0n) is 56.5. The van der Waals surface area contributed by atoms with Gasteiger partial charge in [-0.15, -0.1) is 0 Å². The third kappa shape index (κ3) is 102. The molecule has 0 aromatic carbocycles. The van der Waals surface area contributed by atoms with Gasteiger partial charge in [-0.25, -0.2) is 0 Å². The molecule has 108 heavy (non-hydrogen) atoms. The van der Waals surface area contributed by atoms with Gasteiger partial charge in [0.1, 0.15) is 0 Å². The fourth-order valence-corrected chi connectivity index (χ4v) is 7.21. The van der Waals surface area contributed by atoms with Crippen LogP contribution in [0.1, 0.15) is 0 Å². The minimum atomic E-state index is -1.53. The second-order valence-corrected chi connectivity index (χ2v) is 19.5. The Morgan fingerprint density at radius 1 is 0.120 bits per heavy atom. The van der Waals surface area contributed by atoms with Crippen molar-refractivity contribution in [3.05, 3.63) is 0 Å². The summed E-state index contributed by atoms with van der Waals surface area (Å²) in [6, 6.07) is 0. The Balaban J connectivity index is -0.0000000932. The molecule has 0 aliphatic rings. The van der Waals surface area contributed by atoms with Crippen LogP contribution in [-0.2, 0) is 165 Å². The first-order chi connectivity index (χ1) is 46.0. The van der Waals surface area contributed by atoms with Crippen LogP contribution in [0.5, 0.6) is 0 Å². The molecule has 0 heterocycles. The number of carboxylic acids is 20. The van der Waals surface area contributed by atoms with E-state index in [1.54, 1.807) is 0 Å². The first-order valence-corrected chi connectivity index (χ1v) is 27.2. The maximum Gasteiger partial charge on any atom is 3.00 e. The molecular formula is C50H60Ca4Cr4N10O40. The van der Waals surface area contributed by atoms with Gasteiger partial charge in [0.15, 0.2) is 0 Å². The topological polar surface area (TPSA) is 835 Å². The number of carboxylic acid groups (broad SMARTS) is 20. The third-order valence-corrected chi connectivity index (χ3v) is 10.7. The summed E-state index contributed by atoms with van der Waals surface area (Å²) >= 11 is 0. The molecule has 0 fully saturated rings. The molecule has 0 aromatic rings. The number of aliphatic carboxylic acids is 20. The van der Waals surface area contributed by atoms with E-state index in [2.05, 4.69) is 0 Å². The molecule has 0 aromatic heterocycles.